The highest BCUT2D eigenvalue weighted by Crippen LogP contribution is 2.32. The fraction of sp³-hybridized carbons (Fsp3) is 0.0833. The maximum absolute atomic E-state index is 12.5. The minimum absolute atomic E-state index is 0.0894. The number of carbonyl (C=O) groups excluding carboxylic acids is 1. The average Bonchev–Trinajstić information content (AvgIpc) is 3.24. The van der Waals surface area contributed by atoms with E-state index in [0.717, 1.165) is 39.1 Å². The maximum Gasteiger partial charge on any atom is 0.234 e. The molecular weight excluding hydrogens is 394 g/mol. The molecule has 0 fully saturated rings. The molecule has 150 valence electrons. The lowest BCUT2D eigenvalue weighted by atomic mass is 10.2. The second-order valence-corrected chi connectivity index (χ2v) is 7.53. The van der Waals surface area contributed by atoms with Gasteiger partial charge in [0, 0.05) is 16.8 Å². The summed E-state index contributed by atoms with van der Waals surface area (Å²) in [4.78, 5) is 20.7. The third kappa shape index (κ3) is 4.72. The quantitative estimate of drug-likeness (QED) is 0.392. The van der Waals surface area contributed by atoms with E-state index in [9.17, 15) is 4.79 Å². The Morgan fingerprint density at radius 2 is 1.57 bits per heavy atom. The number of hydrogen-bond donors (Lipinski definition) is 2. The molecular formula is C24H21N3O2S. The molecule has 0 bridgehead atoms. The van der Waals surface area contributed by atoms with Crippen LogP contribution in [0.4, 0.5) is 5.69 Å². The summed E-state index contributed by atoms with van der Waals surface area (Å²) < 4.78 is 5.14. The summed E-state index contributed by atoms with van der Waals surface area (Å²) in [5.41, 5.74) is 3.68. The smallest absolute Gasteiger partial charge is 0.234 e. The van der Waals surface area contributed by atoms with E-state index in [-0.39, 0.29) is 11.7 Å². The standard InChI is InChI=1S/C24H21N3O2S/c1-29-20-14-12-19(13-15-20)25-21(28)16-30-24-22(17-8-4-2-5-9-17)26-23(27-24)18-10-6-3-7-11-18/h2-15H,16H2,1H3,(H,25,28)(H,26,27). The predicted octanol–water partition coefficient (Wildman–Crippen LogP) is 5.48. The fourth-order valence-corrected chi connectivity index (χ4v) is 3.81. The van der Waals surface area contributed by atoms with E-state index >= 15 is 0 Å². The number of H-pyrrole nitrogens is 1. The van der Waals surface area contributed by atoms with Crippen LogP contribution in [-0.2, 0) is 4.79 Å². The molecule has 0 aliphatic heterocycles. The minimum atomic E-state index is -0.0894. The summed E-state index contributed by atoms with van der Waals surface area (Å²) in [6.45, 7) is 0. The number of nitrogens with zero attached hydrogens (tertiary/aromatic N) is 1. The van der Waals surface area contributed by atoms with Gasteiger partial charge < -0.3 is 15.0 Å². The number of benzene rings is 3. The molecule has 1 heterocycles. The van der Waals surface area contributed by atoms with Crippen LogP contribution in [0.3, 0.4) is 0 Å². The Bertz CT molecular complexity index is 1110. The number of ether oxygens (including phenoxy) is 1. The Labute approximate surface area is 179 Å². The first-order valence-electron chi connectivity index (χ1n) is 9.50. The molecule has 2 N–H and O–H groups in total. The molecule has 3 aromatic carbocycles. The Morgan fingerprint density at radius 3 is 2.20 bits per heavy atom. The second kappa shape index (κ2) is 9.33. The molecule has 0 aliphatic carbocycles. The fourth-order valence-electron chi connectivity index (χ4n) is 3.00. The molecule has 0 atom stereocenters. The highest BCUT2D eigenvalue weighted by atomic mass is 32.2. The lowest BCUT2D eigenvalue weighted by Crippen LogP contribution is -2.14. The highest BCUT2D eigenvalue weighted by Gasteiger charge is 2.15. The van der Waals surface area contributed by atoms with Crippen LogP contribution in [-0.4, -0.2) is 28.7 Å². The van der Waals surface area contributed by atoms with Gasteiger partial charge >= 0.3 is 0 Å². The topological polar surface area (TPSA) is 67.0 Å². The normalized spacial score (nSPS) is 10.6. The molecule has 0 radical (unpaired) electrons. The lowest BCUT2D eigenvalue weighted by molar-refractivity contribution is -0.113. The zero-order valence-electron chi connectivity index (χ0n) is 16.5. The van der Waals surface area contributed by atoms with Crippen molar-refractivity contribution in [2.24, 2.45) is 0 Å². The van der Waals surface area contributed by atoms with Gasteiger partial charge in [0.1, 0.15) is 16.6 Å². The second-order valence-electron chi connectivity index (χ2n) is 6.56. The number of amides is 1. The van der Waals surface area contributed by atoms with Crippen molar-refractivity contribution < 1.29 is 9.53 Å². The molecule has 30 heavy (non-hydrogen) atoms. The van der Waals surface area contributed by atoms with Crippen LogP contribution < -0.4 is 10.1 Å². The maximum atomic E-state index is 12.5. The Morgan fingerprint density at radius 1 is 0.933 bits per heavy atom. The molecule has 4 aromatic rings. The van der Waals surface area contributed by atoms with Gasteiger partial charge in [-0.1, -0.05) is 72.4 Å². The van der Waals surface area contributed by atoms with Crippen LogP contribution in [0, 0.1) is 0 Å². The van der Waals surface area contributed by atoms with E-state index in [1.165, 1.54) is 11.8 Å². The number of methoxy groups -OCH3 is 1. The number of hydrogen-bond acceptors (Lipinski definition) is 4. The largest absolute Gasteiger partial charge is 0.497 e. The molecule has 0 saturated heterocycles. The summed E-state index contributed by atoms with van der Waals surface area (Å²) in [6, 6.07) is 27.3. The Balaban J connectivity index is 1.52. The summed E-state index contributed by atoms with van der Waals surface area (Å²) >= 11 is 1.41. The van der Waals surface area contributed by atoms with Crippen molar-refractivity contribution in [2.75, 3.05) is 18.2 Å². The first-order chi connectivity index (χ1) is 14.7. The Kier molecular flexibility index (Phi) is 6.15. The SMILES string of the molecule is COc1ccc(NC(=O)CSc2nc(-c3ccccc3)[nH]c2-c2ccccc2)cc1. The average molecular weight is 416 g/mol. The number of imidazole rings is 1. The van der Waals surface area contributed by atoms with Crippen molar-refractivity contribution in [3.63, 3.8) is 0 Å². The summed E-state index contributed by atoms with van der Waals surface area (Å²) in [6.07, 6.45) is 0. The van der Waals surface area contributed by atoms with Gasteiger partial charge in [-0.15, -0.1) is 0 Å². The number of anilines is 1. The third-order valence-electron chi connectivity index (χ3n) is 4.49. The molecule has 4 rings (SSSR count). The van der Waals surface area contributed by atoms with E-state index in [0.29, 0.717) is 0 Å². The first-order valence-corrected chi connectivity index (χ1v) is 10.5. The van der Waals surface area contributed by atoms with Gasteiger partial charge in [-0.3, -0.25) is 4.79 Å². The summed E-state index contributed by atoms with van der Waals surface area (Å²) in [5, 5.41) is 3.70. The lowest BCUT2D eigenvalue weighted by Gasteiger charge is -2.06. The number of nitrogens with one attached hydrogen (secondary N) is 2. The van der Waals surface area contributed by atoms with Gasteiger partial charge in [-0.05, 0) is 24.3 Å². The third-order valence-corrected chi connectivity index (χ3v) is 5.47. The molecule has 0 unspecified atom stereocenters. The molecule has 1 aromatic heterocycles. The number of aromatic amines is 1. The van der Waals surface area contributed by atoms with Crippen molar-refractivity contribution in [2.45, 2.75) is 5.03 Å². The highest BCUT2D eigenvalue weighted by molar-refractivity contribution is 8.00. The number of aromatic nitrogens is 2. The van der Waals surface area contributed by atoms with Crippen molar-refractivity contribution in [1.29, 1.82) is 0 Å². The minimum Gasteiger partial charge on any atom is -0.497 e. The van der Waals surface area contributed by atoms with E-state index in [1.807, 2.05) is 84.9 Å². The van der Waals surface area contributed by atoms with Crippen LogP contribution >= 0.6 is 11.8 Å². The van der Waals surface area contributed by atoms with Crippen molar-refractivity contribution in [1.82, 2.24) is 9.97 Å². The van der Waals surface area contributed by atoms with E-state index in [4.69, 9.17) is 9.72 Å². The van der Waals surface area contributed by atoms with Crippen molar-refractivity contribution >= 4 is 23.4 Å². The first kappa shape index (κ1) is 19.8. The van der Waals surface area contributed by atoms with Crippen LogP contribution in [0.25, 0.3) is 22.6 Å². The van der Waals surface area contributed by atoms with E-state index < -0.39 is 0 Å². The summed E-state index contributed by atoms with van der Waals surface area (Å²) in [7, 11) is 1.61. The molecule has 1 amide bonds. The zero-order valence-corrected chi connectivity index (χ0v) is 17.3. The van der Waals surface area contributed by atoms with Crippen LogP contribution in [0.2, 0.25) is 0 Å². The molecule has 0 spiro atoms. The molecule has 0 aliphatic rings. The molecule has 5 nitrogen and oxygen atoms in total. The van der Waals surface area contributed by atoms with Gasteiger partial charge in [-0.25, -0.2) is 4.98 Å². The Hall–Kier alpha value is -3.51. The van der Waals surface area contributed by atoms with E-state index in [2.05, 4.69) is 10.3 Å². The van der Waals surface area contributed by atoms with Gasteiger partial charge in [-0.2, -0.15) is 0 Å². The van der Waals surface area contributed by atoms with Crippen LogP contribution in [0.1, 0.15) is 0 Å². The number of carbonyl (C=O) groups is 1. The van der Waals surface area contributed by atoms with Crippen LogP contribution in [0.5, 0.6) is 5.75 Å². The molecule has 0 saturated carbocycles. The van der Waals surface area contributed by atoms with Crippen molar-refractivity contribution in [3.05, 3.63) is 84.9 Å². The van der Waals surface area contributed by atoms with Gasteiger partial charge in [0.15, 0.2) is 0 Å². The van der Waals surface area contributed by atoms with E-state index in [1.54, 1.807) is 7.11 Å². The van der Waals surface area contributed by atoms with Gasteiger partial charge in [0.2, 0.25) is 5.91 Å². The molecule has 6 heteroatoms. The summed E-state index contributed by atoms with van der Waals surface area (Å²) in [5.74, 6) is 1.70. The monoisotopic (exact) mass is 415 g/mol. The zero-order chi connectivity index (χ0) is 20.8. The number of rotatable bonds is 7. The predicted molar refractivity (Wildman–Crippen MR) is 122 cm³/mol. The van der Waals surface area contributed by atoms with Gasteiger partial charge in [0.05, 0.1) is 18.6 Å². The van der Waals surface area contributed by atoms with Crippen molar-refractivity contribution in [3.8, 4) is 28.4 Å². The van der Waals surface area contributed by atoms with Gasteiger partial charge in [0.25, 0.3) is 0 Å². The van der Waals surface area contributed by atoms with Crippen LogP contribution in [0.15, 0.2) is 90.0 Å². The number of thioether (sulfide) groups is 1.